The zero-order valence-electron chi connectivity index (χ0n) is 16.7. The van der Waals surface area contributed by atoms with E-state index in [1.807, 2.05) is 0 Å². The monoisotopic (exact) mass is 397 g/mol. The molecule has 1 atom stereocenters. The molecule has 1 aliphatic heterocycles. The third-order valence-electron chi connectivity index (χ3n) is 4.81. The number of anilines is 3. The molecule has 152 valence electrons. The number of carbonyl (C=O) groups excluding carboxylic acids is 3. The lowest BCUT2D eigenvalue weighted by Crippen LogP contribution is -2.28. The summed E-state index contributed by atoms with van der Waals surface area (Å²) in [7, 11) is 0. The minimum absolute atomic E-state index is 0.0168. The van der Waals surface area contributed by atoms with Crippen molar-refractivity contribution in [2.75, 3.05) is 22.1 Å². The van der Waals surface area contributed by atoms with Crippen LogP contribution in [0.3, 0.4) is 0 Å². The van der Waals surface area contributed by atoms with Crippen LogP contribution in [-0.4, -0.2) is 24.3 Å². The normalized spacial score (nSPS) is 16.2. The number of halogens is 1. The third kappa shape index (κ3) is 4.80. The first kappa shape index (κ1) is 20.5. The Bertz CT molecular complexity index is 958. The number of hydrogen-bond donors (Lipinski definition) is 2. The van der Waals surface area contributed by atoms with Crippen LogP contribution in [0.4, 0.5) is 21.5 Å². The molecule has 3 amide bonds. The number of benzene rings is 2. The van der Waals surface area contributed by atoms with E-state index in [1.54, 1.807) is 57.2 Å². The lowest BCUT2D eigenvalue weighted by molar-refractivity contribution is -0.122. The van der Waals surface area contributed by atoms with Gasteiger partial charge in [0.05, 0.1) is 11.6 Å². The zero-order chi connectivity index (χ0) is 21.1. The van der Waals surface area contributed by atoms with Crippen LogP contribution in [0.5, 0.6) is 0 Å². The summed E-state index contributed by atoms with van der Waals surface area (Å²) < 4.78 is 14.2. The first-order valence-corrected chi connectivity index (χ1v) is 9.53. The van der Waals surface area contributed by atoms with Gasteiger partial charge in [-0.2, -0.15) is 0 Å². The lowest BCUT2D eigenvalue weighted by Gasteiger charge is -2.18. The van der Waals surface area contributed by atoms with Gasteiger partial charge < -0.3 is 15.5 Å². The van der Waals surface area contributed by atoms with Crippen LogP contribution in [0.15, 0.2) is 42.5 Å². The average Bonchev–Trinajstić information content (AvgIpc) is 3.03. The maximum absolute atomic E-state index is 14.2. The number of rotatable bonds is 5. The van der Waals surface area contributed by atoms with Crippen LogP contribution in [0.25, 0.3) is 0 Å². The van der Waals surface area contributed by atoms with Crippen molar-refractivity contribution in [1.82, 2.24) is 0 Å². The van der Waals surface area contributed by atoms with E-state index in [9.17, 15) is 18.8 Å². The molecule has 7 heteroatoms. The molecule has 1 saturated heterocycles. The van der Waals surface area contributed by atoms with E-state index in [4.69, 9.17) is 0 Å². The Morgan fingerprint density at radius 2 is 1.79 bits per heavy atom. The molecule has 0 spiro atoms. The van der Waals surface area contributed by atoms with Gasteiger partial charge in [0.25, 0.3) is 0 Å². The maximum atomic E-state index is 14.2. The van der Waals surface area contributed by atoms with E-state index < -0.39 is 11.7 Å². The van der Waals surface area contributed by atoms with Gasteiger partial charge in [0.15, 0.2) is 0 Å². The van der Waals surface area contributed by atoms with Gasteiger partial charge in [-0.1, -0.05) is 26.0 Å². The largest absolute Gasteiger partial charge is 0.326 e. The van der Waals surface area contributed by atoms with Crippen LogP contribution in [0.2, 0.25) is 0 Å². The van der Waals surface area contributed by atoms with Gasteiger partial charge in [-0.3, -0.25) is 14.4 Å². The van der Waals surface area contributed by atoms with E-state index in [-0.39, 0.29) is 42.3 Å². The quantitative estimate of drug-likeness (QED) is 0.807. The van der Waals surface area contributed by atoms with Gasteiger partial charge in [-0.25, -0.2) is 4.39 Å². The van der Waals surface area contributed by atoms with Crippen LogP contribution >= 0.6 is 0 Å². The van der Waals surface area contributed by atoms with Gasteiger partial charge in [0, 0.05) is 30.3 Å². The molecule has 1 heterocycles. The molecule has 2 aromatic carbocycles. The Hall–Kier alpha value is -3.22. The third-order valence-corrected chi connectivity index (χ3v) is 4.81. The van der Waals surface area contributed by atoms with E-state index in [0.717, 1.165) is 5.56 Å². The fourth-order valence-electron chi connectivity index (χ4n) is 3.15. The molecule has 2 N–H and O–H groups in total. The molecule has 1 unspecified atom stereocenters. The van der Waals surface area contributed by atoms with Crippen LogP contribution in [0.1, 0.15) is 25.8 Å². The Morgan fingerprint density at radius 1 is 1.10 bits per heavy atom. The molecule has 0 saturated carbocycles. The van der Waals surface area contributed by atoms with Crippen molar-refractivity contribution >= 4 is 34.8 Å². The van der Waals surface area contributed by atoms with E-state index >= 15 is 0 Å². The molecule has 29 heavy (non-hydrogen) atoms. The standard InChI is InChI=1S/C22H24FN3O3/c1-13(2)21(28)24-16-5-4-6-17(11-16)25-22(29)15-10-20(27)26(12-15)19-8-7-14(3)9-18(19)23/h4-9,11,13,15H,10,12H2,1-3H3,(H,24,28)(H,25,29). The summed E-state index contributed by atoms with van der Waals surface area (Å²) in [6.45, 7) is 5.47. The molecular weight excluding hydrogens is 373 g/mol. The summed E-state index contributed by atoms with van der Waals surface area (Å²) in [5.74, 6) is -1.95. The SMILES string of the molecule is Cc1ccc(N2CC(C(=O)Nc3cccc(NC(=O)C(C)C)c3)CC2=O)c(F)c1. The summed E-state index contributed by atoms with van der Waals surface area (Å²) in [6, 6.07) is 11.5. The van der Waals surface area contributed by atoms with E-state index in [2.05, 4.69) is 10.6 Å². The van der Waals surface area contributed by atoms with Gasteiger partial charge >= 0.3 is 0 Å². The van der Waals surface area contributed by atoms with Gasteiger partial charge in [-0.15, -0.1) is 0 Å². The number of nitrogens with one attached hydrogen (secondary N) is 2. The van der Waals surface area contributed by atoms with Crippen molar-refractivity contribution in [3.63, 3.8) is 0 Å². The topological polar surface area (TPSA) is 78.5 Å². The smallest absolute Gasteiger partial charge is 0.229 e. The highest BCUT2D eigenvalue weighted by Crippen LogP contribution is 2.29. The predicted molar refractivity (Wildman–Crippen MR) is 110 cm³/mol. The number of aryl methyl sites for hydroxylation is 1. The molecular formula is C22H24FN3O3. The van der Waals surface area contributed by atoms with Crippen molar-refractivity contribution in [1.29, 1.82) is 0 Å². The Kier molecular flexibility index (Phi) is 5.96. The molecule has 2 aromatic rings. The highest BCUT2D eigenvalue weighted by molar-refractivity contribution is 6.04. The number of carbonyl (C=O) groups is 3. The van der Waals surface area contributed by atoms with Crippen LogP contribution in [0, 0.1) is 24.6 Å². The Morgan fingerprint density at radius 3 is 2.45 bits per heavy atom. The highest BCUT2D eigenvalue weighted by atomic mass is 19.1. The second kappa shape index (κ2) is 8.43. The summed E-state index contributed by atoms with van der Waals surface area (Å²) in [5, 5.41) is 5.56. The predicted octanol–water partition coefficient (Wildman–Crippen LogP) is 3.72. The summed E-state index contributed by atoms with van der Waals surface area (Å²) in [5.41, 5.74) is 2.04. The first-order chi connectivity index (χ1) is 13.7. The molecule has 0 aliphatic carbocycles. The lowest BCUT2D eigenvalue weighted by atomic mass is 10.1. The second-order valence-electron chi connectivity index (χ2n) is 7.57. The summed E-state index contributed by atoms with van der Waals surface area (Å²) >= 11 is 0. The van der Waals surface area contributed by atoms with Crippen molar-refractivity contribution in [3.05, 3.63) is 53.8 Å². The van der Waals surface area contributed by atoms with Crippen molar-refractivity contribution in [2.45, 2.75) is 27.2 Å². The number of nitrogens with zero attached hydrogens (tertiary/aromatic N) is 1. The number of amides is 3. The Balaban J connectivity index is 1.67. The molecule has 1 aliphatic rings. The van der Waals surface area contributed by atoms with Crippen LogP contribution in [-0.2, 0) is 14.4 Å². The second-order valence-corrected chi connectivity index (χ2v) is 7.57. The van der Waals surface area contributed by atoms with Crippen molar-refractivity contribution in [2.24, 2.45) is 11.8 Å². The first-order valence-electron chi connectivity index (χ1n) is 9.53. The van der Waals surface area contributed by atoms with Crippen molar-refractivity contribution < 1.29 is 18.8 Å². The molecule has 3 rings (SSSR count). The van der Waals surface area contributed by atoms with Crippen molar-refractivity contribution in [3.8, 4) is 0 Å². The zero-order valence-corrected chi connectivity index (χ0v) is 16.7. The minimum atomic E-state index is -0.586. The molecule has 0 radical (unpaired) electrons. The van der Waals surface area contributed by atoms with Gasteiger partial charge in [0.1, 0.15) is 5.82 Å². The molecule has 1 fully saturated rings. The van der Waals surface area contributed by atoms with Gasteiger partial charge in [0.2, 0.25) is 17.7 Å². The molecule has 0 bridgehead atoms. The van der Waals surface area contributed by atoms with E-state index in [1.165, 1.54) is 11.0 Å². The Labute approximate surface area is 169 Å². The summed E-state index contributed by atoms with van der Waals surface area (Å²) in [4.78, 5) is 38.2. The summed E-state index contributed by atoms with van der Waals surface area (Å²) in [6.07, 6.45) is 0.0168. The fourth-order valence-corrected chi connectivity index (χ4v) is 3.15. The number of hydrogen-bond acceptors (Lipinski definition) is 3. The highest BCUT2D eigenvalue weighted by Gasteiger charge is 2.36. The van der Waals surface area contributed by atoms with Crippen LogP contribution < -0.4 is 15.5 Å². The maximum Gasteiger partial charge on any atom is 0.229 e. The minimum Gasteiger partial charge on any atom is -0.326 e. The average molecular weight is 397 g/mol. The van der Waals surface area contributed by atoms with Gasteiger partial charge in [-0.05, 0) is 42.8 Å². The fraction of sp³-hybridized carbons (Fsp3) is 0.318. The van der Waals surface area contributed by atoms with E-state index in [0.29, 0.717) is 11.4 Å². The molecule has 0 aromatic heterocycles. The molecule has 6 nitrogen and oxygen atoms in total.